The number of benzene rings is 3. The van der Waals surface area contributed by atoms with Crippen LogP contribution in [0.2, 0.25) is 0 Å². The first-order chi connectivity index (χ1) is 15.5. The Bertz CT molecular complexity index is 1300. The average molecular weight is 452 g/mol. The summed E-state index contributed by atoms with van der Waals surface area (Å²) in [5.74, 6) is 1.44. The van der Waals surface area contributed by atoms with Crippen LogP contribution in [0.5, 0.6) is 0 Å². The molecule has 0 radical (unpaired) electrons. The molecule has 4 aromatic rings. The average Bonchev–Trinajstić information content (AvgIpc) is 3.04. The van der Waals surface area contributed by atoms with E-state index in [0.717, 1.165) is 28.1 Å². The molecule has 0 saturated heterocycles. The number of halogens is 3. The van der Waals surface area contributed by atoms with E-state index in [2.05, 4.69) is 67.2 Å². The standard InChI is InChI=1S/C28H30F3N2/c1-17(2)21-10-9-11-22(18(3)4)26(21)33-25-13-8-7-12-24(25)32(6)27(33)23-15-14-20(16-19(23)5)28(29,30)31/h7-18H,1-6H3/q+1. The molecule has 0 aliphatic heterocycles. The lowest BCUT2D eigenvalue weighted by atomic mass is 9.92. The van der Waals surface area contributed by atoms with Crippen molar-refractivity contribution in [1.29, 1.82) is 0 Å². The zero-order valence-electron chi connectivity index (χ0n) is 20.0. The summed E-state index contributed by atoms with van der Waals surface area (Å²) in [7, 11) is 1.98. The number of alkyl halides is 3. The second-order valence-electron chi connectivity index (χ2n) is 9.33. The van der Waals surface area contributed by atoms with Gasteiger partial charge in [0.15, 0.2) is 11.0 Å². The maximum absolute atomic E-state index is 13.4. The van der Waals surface area contributed by atoms with Crippen molar-refractivity contribution < 1.29 is 17.7 Å². The smallest absolute Gasteiger partial charge is 0.225 e. The maximum Gasteiger partial charge on any atom is 0.416 e. The number of hydrogen-bond donors (Lipinski definition) is 0. The Labute approximate surface area is 193 Å². The van der Waals surface area contributed by atoms with E-state index < -0.39 is 11.7 Å². The van der Waals surface area contributed by atoms with Crippen molar-refractivity contribution in [3.63, 3.8) is 0 Å². The Morgan fingerprint density at radius 1 is 0.818 bits per heavy atom. The summed E-state index contributed by atoms with van der Waals surface area (Å²) >= 11 is 0. The van der Waals surface area contributed by atoms with Crippen molar-refractivity contribution in [2.75, 3.05) is 0 Å². The molecule has 0 fully saturated rings. The van der Waals surface area contributed by atoms with Crippen molar-refractivity contribution in [3.05, 3.63) is 82.9 Å². The molecule has 0 N–H and O–H groups in total. The van der Waals surface area contributed by atoms with Crippen LogP contribution in [-0.2, 0) is 13.2 Å². The molecule has 1 heterocycles. The number of nitrogens with zero attached hydrogens (tertiary/aromatic N) is 2. The van der Waals surface area contributed by atoms with E-state index in [-0.39, 0.29) is 11.8 Å². The van der Waals surface area contributed by atoms with Gasteiger partial charge < -0.3 is 0 Å². The second-order valence-corrected chi connectivity index (χ2v) is 9.33. The van der Waals surface area contributed by atoms with E-state index in [4.69, 9.17) is 0 Å². The number of hydrogen-bond acceptors (Lipinski definition) is 0. The Morgan fingerprint density at radius 2 is 1.42 bits per heavy atom. The van der Waals surface area contributed by atoms with Crippen LogP contribution >= 0.6 is 0 Å². The van der Waals surface area contributed by atoms with Crippen LogP contribution in [0.15, 0.2) is 60.7 Å². The lowest BCUT2D eigenvalue weighted by Gasteiger charge is -2.18. The van der Waals surface area contributed by atoms with E-state index in [1.54, 1.807) is 13.0 Å². The SMILES string of the molecule is Cc1cc(C(F)(F)F)ccc1-c1n(-c2c(C(C)C)cccc2C(C)C)c2ccccc2[n+]1C. The molecule has 33 heavy (non-hydrogen) atoms. The third-order valence-corrected chi connectivity index (χ3v) is 6.37. The highest BCUT2D eigenvalue weighted by Crippen LogP contribution is 2.38. The van der Waals surface area contributed by atoms with Gasteiger partial charge in [0.05, 0.1) is 18.2 Å². The first kappa shape index (κ1) is 23.1. The summed E-state index contributed by atoms with van der Waals surface area (Å²) in [6.45, 7) is 10.5. The fourth-order valence-electron chi connectivity index (χ4n) is 4.70. The topological polar surface area (TPSA) is 8.81 Å². The molecule has 172 valence electrons. The molecule has 3 aromatic carbocycles. The van der Waals surface area contributed by atoms with Gasteiger partial charge >= 0.3 is 6.18 Å². The molecule has 5 heteroatoms. The van der Waals surface area contributed by atoms with Gasteiger partial charge in [0.2, 0.25) is 0 Å². The van der Waals surface area contributed by atoms with Crippen molar-refractivity contribution in [1.82, 2.24) is 4.57 Å². The number of aryl methyl sites for hydroxylation is 2. The molecule has 1 aromatic heterocycles. The summed E-state index contributed by atoms with van der Waals surface area (Å²) in [6.07, 6.45) is -4.37. The Kier molecular flexibility index (Phi) is 5.85. The number of rotatable bonds is 4. The summed E-state index contributed by atoms with van der Waals surface area (Å²) in [6, 6.07) is 18.6. The molecule has 4 rings (SSSR count). The van der Waals surface area contributed by atoms with Crippen molar-refractivity contribution in [3.8, 4) is 17.1 Å². The minimum atomic E-state index is -4.37. The molecule has 0 aliphatic rings. The summed E-state index contributed by atoms with van der Waals surface area (Å²) < 4.78 is 44.4. The van der Waals surface area contributed by atoms with Gasteiger partial charge in [0.1, 0.15) is 5.69 Å². The number of imidazole rings is 1. The third kappa shape index (κ3) is 3.94. The largest absolute Gasteiger partial charge is 0.416 e. The molecule has 0 atom stereocenters. The van der Waals surface area contributed by atoms with Crippen molar-refractivity contribution >= 4 is 11.0 Å². The molecule has 0 saturated carbocycles. The van der Waals surface area contributed by atoms with E-state index in [1.807, 2.05) is 19.2 Å². The van der Waals surface area contributed by atoms with Gasteiger partial charge in [-0.3, -0.25) is 0 Å². The van der Waals surface area contributed by atoms with Crippen LogP contribution in [0.4, 0.5) is 13.2 Å². The van der Waals surface area contributed by atoms with Crippen LogP contribution in [0.3, 0.4) is 0 Å². The van der Waals surface area contributed by atoms with Crippen LogP contribution in [0.25, 0.3) is 28.1 Å². The van der Waals surface area contributed by atoms with Gasteiger partial charge in [-0.2, -0.15) is 17.7 Å². The van der Waals surface area contributed by atoms with E-state index >= 15 is 0 Å². The summed E-state index contributed by atoms with van der Waals surface area (Å²) in [4.78, 5) is 0. The Morgan fingerprint density at radius 3 is 1.97 bits per heavy atom. The second kappa shape index (κ2) is 8.36. The quantitative estimate of drug-likeness (QED) is 0.281. The minimum absolute atomic E-state index is 0.284. The van der Waals surface area contributed by atoms with E-state index in [1.165, 1.54) is 23.3 Å². The van der Waals surface area contributed by atoms with E-state index in [9.17, 15) is 13.2 Å². The molecule has 0 aliphatic carbocycles. The van der Waals surface area contributed by atoms with Crippen molar-refractivity contribution in [2.45, 2.75) is 52.6 Å². The van der Waals surface area contributed by atoms with Gasteiger partial charge in [-0.15, -0.1) is 0 Å². The van der Waals surface area contributed by atoms with Gasteiger partial charge in [-0.25, -0.2) is 4.57 Å². The zero-order valence-corrected chi connectivity index (χ0v) is 20.0. The molecule has 0 unspecified atom stereocenters. The summed E-state index contributed by atoms with van der Waals surface area (Å²) in [5, 5.41) is 0. The highest BCUT2D eigenvalue weighted by Gasteiger charge is 2.34. The third-order valence-electron chi connectivity index (χ3n) is 6.37. The number of para-hydroxylation sites is 3. The number of fused-ring (bicyclic) bond motifs is 1. The van der Waals surface area contributed by atoms with Gasteiger partial charge in [0.25, 0.3) is 5.82 Å². The first-order valence-corrected chi connectivity index (χ1v) is 11.3. The fraction of sp³-hybridized carbons (Fsp3) is 0.321. The predicted molar refractivity (Wildman–Crippen MR) is 128 cm³/mol. The Hall–Kier alpha value is -3.08. The maximum atomic E-state index is 13.4. The zero-order chi connectivity index (χ0) is 24.1. The molecular formula is C28H30F3N2+. The highest BCUT2D eigenvalue weighted by molar-refractivity contribution is 5.81. The molecule has 0 bridgehead atoms. The molecule has 0 amide bonds. The molecule has 0 spiro atoms. The highest BCUT2D eigenvalue weighted by atomic mass is 19.4. The fourth-order valence-corrected chi connectivity index (χ4v) is 4.70. The lowest BCUT2D eigenvalue weighted by Crippen LogP contribution is -2.30. The van der Waals surface area contributed by atoms with Gasteiger partial charge in [0, 0.05) is 11.1 Å². The van der Waals surface area contributed by atoms with E-state index in [0.29, 0.717) is 5.56 Å². The van der Waals surface area contributed by atoms with Crippen LogP contribution in [0, 0.1) is 6.92 Å². The first-order valence-electron chi connectivity index (χ1n) is 11.3. The predicted octanol–water partition coefficient (Wildman–Crippen LogP) is 7.70. The monoisotopic (exact) mass is 451 g/mol. The minimum Gasteiger partial charge on any atom is -0.225 e. The van der Waals surface area contributed by atoms with Gasteiger partial charge in [-0.05, 0) is 54.7 Å². The van der Waals surface area contributed by atoms with Gasteiger partial charge in [-0.1, -0.05) is 58.0 Å². The van der Waals surface area contributed by atoms with Crippen LogP contribution < -0.4 is 4.57 Å². The molecule has 2 nitrogen and oxygen atoms in total. The van der Waals surface area contributed by atoms with Crippen molar-refractivity contribution in [2.24, 2.45) is 7.05 Å². The van der Waals surface area contributed by atoms with Crippen LogP contribution in [-0.4, -0.2) is 4.57 Å². The number of aromatic nitrogens is 2. The normalized spacial score (nSPS) is 12.3. The van der Waals surface area contributed by atoms with Crippen LogP contribution in [0.1, 0.15) is 61.8 Å². The molecular weight excluding hydrogens is 421 g/mol. The Balaban J connectivity index is 2.15. The summed E-state index contributed by atoms with van der Waals surface area (Å²) in [5.41, 5.74) is 6.37. The lowest BCUT2D eigenvalue weighted by molar-refractivity contribution is -0.633.